The number of thioether (sulfide) groups is 1. The van der Waals surface area contributed by atoms with Crippen molar-refractivity contribution in [2.45, 2.75) is 113 Å². The minimum atomic E-state index is -3.96. The van der Waals surface area contributed by atoms with E-state index in [0.717, 1.165) is 80.4 Å². The molecule has 2 aliphatic heterocycles. The summed E-state index contributed by atoms with van der Waals surface area (Å²) in [6, 6.07) is 8.58. The fourth-order valence-electron chi connectivity index (χ4n) is 8.31. The molecule has 3 atom stereocenters. The minimum Gasteiger partial charge on any atom is -0.356 e. The van der Waals surface area contributed by atoms with Crippen molar-refractivity contribution in [3.05, 3.63) is 64.5 Å². The highest BCUT2D eigenvalue weighted by molar-refractivity contribution is 8.00. The van der Waals surface area contributed by atoms with Crippen molar-refractivity contribution >= 4 is 56.6 Å². The maximum atomic E-state index is 13.3. The molecule has 2 fully saturated rings. The smallest absolute Gasteiger partial charge is 0.239 e. The largest absolute Gasteiger partial charge is 0.356 e. The average Bonchev–Trinajstić information content (AvgIpc) is 3.98. The number of anilines is 2. The Morgan fingerprint density at radius 3 is 2.52 bits per heavy atom. The zero-order chi connectivity index (χ0) is 37.7. The second-order valence-corrected chi connectivity index (χ2v) is 18.2. The zero-order valence-electron chi connectivity index (χ0n) is 30.5. The summed E-state index contributed by atoms with van der Waals surface area (Å²) in [5, 5.41) is 20.6. The number of hydrogen-bond donors (Lipinski definition) is 4. The third-order valence-electron chi connectivity index (χ3n) is 11.0. The third kappa shape index (κ3) is 9.34. The van der Waals surface area contributed by atoms with Crippen LogP contribution >= 0.6 is 11.8 Å². The van der Waals surface area contributed by atoms with Gasteiger partial charge in [-0.15, -0.1) is 5.10 Å². The van der Waals surface area contributed by atoms with Crippen LogP contribution in [0.1, 0.15) is 85.7 Å². The summed E-state index contributed by atoms with van der Waals surface area (Å²) in [4.78, 5) is 49.8. The van der Waals surface area contributed by atoms with Gasteiger partial charge in [0.15, 0.2) is 9.84 Å². The van der Waals surface area contributed by atoms with Crippen molar-refractivity contribution in [2.75, 3.05) is 28.7 Å². The maximum absolute atomic E-state index is 13.3. The first-order valence-electron chi connectivity index (χ1n) is 19.3. The maximum Gasteiger partial charge on any atom is 0.239 e. The van der Waals surface area contributed by atoms with Gasteiger partial charge in [0.05, 0.1) is 10.6 Å². The summed E-state index contributed by atoms with van der Waals surface area (Å²) >= 11 is 1.95. The van der Waals surface area contributed by atoms with Gasteiger partial charge in [-0.3, -0.25) is 23.9 Å². The molecule has 3 aromatic rings. The molecule has 288 valence electrons. The molecule has 0 unspecified atom stereocenters. The summed E-state index contributed by atoms with van der Waals surface area (Å²) in [5.74, 6) is 0.101. The number of rotatable bonds is 17. The van der Waals surface area contributed by atoms with Gasteiger partial charge >= 0.3 is 0 Å². The van der Waals surface area contributed by atoms with E-state index in [-0.39, 0.29) is 29.0 Å². The van der Waals surface area contributed by atoms with Crippen LogP contribution in [-0.4, -0.2) is 76.4 Å². The van der Waals surface area contributed by atoms with Crippen LogP contribution in [0.15, 0.2) is 41.4 Å². The monoisotopic (exact) mass is 775 g/mol. The van der Waals surface area contributed by atoms with E-state index in [9.17, 15) is 27.6 Å². The quantitative estimate of drug-likeness (QED) is 0.148. The van der Waals surface area contributed by atoms with Crippen molar-refractivity contribution in [1.82, 2.24) is 25.6 Å². The van der Waals surface area contributed by atoms with E-state index in [2.05, 4.69) is 37.6 Å². The number of amides is 4. The lowest BCUT2D eigenvalue weighted by atomic mass is 9.94. The first-order chi connectivity index (χ1) is 26.1. The van der Waals surface area contributed by atoms with Crippen LogP contribution in [0, 0.1) is 5.92 Å². The van der Waals surface area contributed by atoms with Crippen molar-refractivity contribution < 1.29 is 27.6 Å². The number of aromatic nitrogens is 3. The number of benzene rings is 2. The molecule has 0 saturated carbocycles. The van der Waals surface area contributed by atoms with Gasteiger partial charge in [-0.2, -0.15) is 11.8 Å². The molecule has 1 aromatic heterocycles. The molecular weight excluding hydrogens is 727 g/mol. The number of unbranched alkanes of at least 4 members (excludes halogenated alkanes) is 1. The molecular formula is C39H49N7O6S2. The molecule has 54 heavy (non-hydrogen) atoms. The number of carbonyl (C=O) groups excluding carboxylic acids is 4. The predicted octanol–water partition coefficient (Wildman–Crippen LogP) is 3.93. The molecule has 15 heteroatoms. The first kappa shape index (κ1) is 38.1. The van der Waals surface area contributed by atoms with E-state index in [1.807, 2.05) is 11.8 Å². The molecule has 2 aliphatic carbocycles. The van der Waals surface area contributed by atoms with Gasteiger partial charge in [-0.25, -0.2) is 8.42 Å². The van der Waals surface area contributed by atoms with Crippen LogP contribution < -0.4 is 21.3 Å². The molecule has 2 aromatic carbocycles. The first-order valence-corrected chi connectivity index (χ1v) is 22.0. The van der Waals surface area contributed by atoms with Crippen molar-refractivity contribution in [2.24, 2.45) is 5.92 Å². The summed E-state index contributed by atoms with van der Waals surface area (Å²) in [5.41, 5.74) is 6.61. The third-order valence-corrected chi connectivity index (χ3v) is 14.2. The van der Waals surface area contributed by atoms with E-state index < -0.39 is 21.5 Å². The number of aryl methyl sites for hydroxylation is 4. The van der Waals surface area contributed by atoms with Gasteiger partial charge < -0.3 is 21.3 Å². The van der Waals surface area contributed by atoms with Crippen molar-refractivity contribution in [3.8, 4) is 0 Å². The number of hydrogen-bond acceptors (Lipinski definition) is 9. The Morgan fingerprint density at radius 2 is 1.72 bits per heavy atom. The zero-order valence-corrected chi connectivity index (χ0v) is 32.2. The highest BCUT2D eigenvalue weighted by atomic mass is 32.2. The Kier molecular flexibility index (Phi) is 12.0. The standard InChI is InChI=1S/C39H49N7O6S2/c47-35(14-2-1-13-34-32-21-37(49)42-33(32)23-53-34)40-17-6-18-46-22-28(44-45-46)15-16-36(48)41-27-9-5-10-29(20-27)54(51,52)24-38(50)43-39-30-11-3-7-25(30)19-26-8-4-12-31(26)39/h5,9-10,19-20,22,32-34H,1-4,6-8,11-18,21,23-24H2,(H,40,47)(H,41,48)(H,42,49)(H,43,50)/t32-,33-,34-/m0/s1. The van der Waals surface area contributed by atoms with Crippen molar-refractivity contribution in [3.63, 3.8) is 0 Å². The highest BCUT2D eigenvalue weighted by Crippen LogP contribution is 2.41. The number of sulfone groups is 1. The molecule has 4 aliphatic rings. The van der Waals surface area contributed by atoms with Crippen LogP contribution in [-0.2, 0) is 67.7 Å². The van der Waals surface area contributed by atoms with Crippen LogP contribution in [0.5, 0.6) is 0 Å². The normalized spacial score (nSPS) is 19.9. The Balaban J connectivity index is 0.795. The highest BCUT2D eigenvalue weighted by Gasteiger charge is 2.42. The number of nitrogens with one attached hydrogen (secondary N) is 4. The average molecular weight is 776 g/mol. The van der Waals surface area contributed by atoms with Gasteiger partial charge in [0.1, 0.15) is 5.75 Å². The number of nitrogens with zero attached hydrogens (tertiary/aromatic N) is 3. The lowest BCUT2D eigenvalue weighted by Crippen LogP contribution is -2.29. The molecule has 3 heterocycles. The number of fused-ring (bicyclic) bond motifs is 3. The topological polar surface area (TPSA) is 181 Å². The molecule has 0 bridgehead atoms. The molecule has 2 saturated heterocycles. The van der Waals surface area contributed by atoms with E-state index >= 15 is 0 Å². The van der Waals surface area contributed by atoms with Gasteiger partial charge in [0.25, 0.3) is 0 Å². The van der Waals surface area contributed by atoms with Crippen LogP contribution in [0.4, 0.5) is 11.4 Å². The summed E-state index contributed by atoms with van der Waals surface area (Å²) in [7, 11) is -3.96. The number of carbonyl (C=O) groups is 4. The lowest BCUT2D eigenvalue weighted by molar-refractivity contribution is -0.121. The van der Waals surface area contributed by atoms with E-state index in [1.54, 1.807) is 23.0 Å². The molecule has 13 nitrogen and oxygen atoms in total. The Morgan fingerprint density at radius 1 is 0.926 bits per heavy atom. The summed E-state index contributed by atoms with van der Waals surface area (Å²) < 4.78 is 28.3. The molecule has 7 rings (SSSR count). The Bertz CT molecular complexity index is 1980. The Hall–Kier alpha value is -4.24. The predicted molar refractivity (Wildman–Crippen MR) is 207 cm³/mol. The van der Waals surface area contributed by atoms with Crippen LogP contribution in [0.25, 0.3) is 0 Å². The molecule has 0 spiro atoms. The van der Waals surface area contributed by atoms with Gasteiger partial charge in [-0.1, -0.05) is 23.8 Å². The summed E-state index contributed by atoms with van der Waals surface area (Å²) in [6.07, 6.45) is 12.7. The van der Waals surface area contributed by atoms with E-state index in [4.69, 9.17) is 0 Å². The fraction of sp³-hybridized carbons (Fsp3) is 0.538. The molecule has 4 N–H and O–H groups in total. The lowest BCUT2D eigenvalue weighted by Gasteiger charge is -2.16. The second kappa shape index (κ2) is 17.1. The fourth-order valence-corrected chi connectivity index (χ4v) is 11.1. The van der Waals surface area contributed by atoms with Crippen LogP contribution in [0.2, 0.25) is 0 Å². The summed E-state index contributed by atoms with van der Waals surface area (Å²) in [6.45, 7) is 1.10. The minimum absolute atomic E-state index is 0.0314. The SMILES string of the molecule is O=C(CCCC[C@@H]1SC[C@@H]2NC(=O)C[C@@H]21)NCCCn1cc(CCC(=O)Nc2cccc(S(=O)(=O)CC(=O)Nc3c4c(cc5c3CCC5)CCC4)c2)nn1. The van der Waals surface area contributed by atoms with Gasteiger partial charge in [-0.05, 0) is 98.2 Å². The Labute approximate surface area is 320 Å². The van der Waals surface area contributed by atoms with Crippen molar-refractivity contribution in [1.29, 1.82) is 0 Å². The van der Waals surface area contributed by atoms with Gasteiger partial charge in [0.2, 0.25) is 23.6 Å². The molecule has 4 amide bonds. The van der Waals surface area contributed by atoms with Crippen LogP contribution in [0.3, 0.4) is 0 Å². The van der Waals surface area contributed by atoms with E-state index in [1.165, 1.54) is 23.3 Å². The van der Waals surface area contributed by atoms with Gasteiger partial charge in [0, 0.05) is 79.3 Å². The second-order valence-electron chi connectivity index (χ2n) is 15.0. The molecule has 0 radical (unpaired) electrons. The van der Waals surface area contributed by atoms with E-state index in [0.29, 0.717) is 67.4 Å².